The van der Waals surface area contributed by atoms with Crippen molar-refractivity contribution in [3.8, 4) is 22.6 Å². The van der Waals surface area contributed by atoms with Crippen molar-refractivity contribution in [1.82, 2.24) is 0 Å². The van der Waals surface area contributed by atoms with Gasteiger partial charge in [0.1, 0.15) is 11.5 Å². The van der Waals surface area contributed by atoms with Crippen molar-refractivity contribution in [1.29, 1.82) is 0 Å². The van der Waals surface area contributed by atoms with Crippen molar-refractivity contribution in [2.24, 2.45) is 0 Å². The van der Waals surface area contributed by atoms with Crippen LogP contribution in [0, 0.1) is 0 Å². The van der Waals surface area contributed by atoms with Crippen LogP contribution < -0.4 is 9.47 Å². The quantitative estimate of drug-likeness (QED) is 0.278. The van der Waals surface area contributed by atoms with Gasteiger partial charge in [-0.25, -0.2) is 0 Å². The highest BCUT2D eigenvalue weighted by Gasteiger charge is 2.05. The van der Waals surface area contributed by atoms with Crippen molar-refractivity contribution in [3.05, 3.63) is 78.9 Å². The first-order valence-electron chi connectivity index (χ1n) is 10.0. The van der Waals surface area contributed by atoms with E-state index in [0.717, 1.165) is 48.0 Å². The molecule has 2 nitrogen and oxygen atoms in total. The fourth-order valence-electron chi connectivity index (χ4n) is 3.13. The summed E-state index contributed by atoms with van der Waals surface area (Å²) in [6, 6.07) is 26.5. The lowest BCUT2D eigenvalue weighted by Crippen LogP contribution is -2.00. The number of thiol groups is 1. The van der Waals surface area contributed by atoms with E-state index in [9.17, 15) is 0 Å². The standard InChI is InChI=1S/C25H28O2S/c28-23-15-11-14-22(20-23)26-18-9-2-1-3-10-19-27-25-17-8-7-16-24(25)21-12-5-4-6-13-21/h4-8,11-17,20,28H,1-3,9-10,18-19H2. The second kappa shape index (κ2) is 11.5. The Hall–Kier alpha value is -2.39. The number of rotatable bonds is 11. The maximum atomic E-state index is 6.06. The molecule has 0 saturated heterocycles. The monoisotopic (exact) mass is 392 g/mol. The summed E-state index contributed by atoms with van der Waals surface area (Å²) in [5.41, 5.74) is 2.35. The number of hydrogen-bond acceptors (Lipinski definition) is 3. The van der Waals surface area contributed by atoms with E-state index in [1.54, 1.807) is 0 Å². The molecule has 0 aliphatic heterocycles. The SMILES string of the molecule is Sc1cccc(OCCCCCCCOc2ccccc2-c2ccccc2)c1. The minimum Gasteiger partial charge on any atom is -0.494 e. The first-order chi connectivity index (χ1) is 13.8. The van der Waals surface area contributed by atoms with Crippen molar-refractivity contribution in [2.75, 3.05) is 13.2 Å². The summed E-state index contributed by atoms with van der Waals surface area (Å²) in [4.78, 5) is 0.936. The number of hydrogen-bond donors (Lipinski definition) is 1. The van der Waals surface area contributed by atoms with E-state index in [1.807, 2.05) is 36.4 Å². The summed E-state index contributed by atoms with van der Waals surface area (Å²) in [6.07, 6.45) is 5.72. The number of para-hydroxylation sites is 1. The highest BCUT2D eigenvalue weighted by molar-refractivity contribution is 7.80. The molecule has 0 fully saturated rings. The van der Waals surface area contributed by atoms with Gasteiger partial charge in [0.2, 0.25) is 0 Å². The van der Waals surface area contributed by atoms with E-state index < -0.39 is 0 Å². The highest BCUT2D eigenvalue weighted by Crippen LogP contribution is 2.29. The minimum absolute atomic E-state index is 0.759. The molecule has 0 spiro atoms. The molecule has 3 aromatic carbocycles. The molecule has 0 amide bonds. The molecule has 0 aliphatic carbocycles. The van der Waals surface area contributed by atoms with Crippen LogP contribution in [0.2, 0.25) is 0 Å². The molecule has 0 aliphatic rings. The largest absolute Gasteiger partial charge is 0.494 e. The third-order valence-corrected chi connectivity index (χ3v) is 4.88. The van der Waals surface area contributed by atoms with Crippen LogP contribution >= 0.6 is 12.6 Å². The van der Waals surface area contributed by atoms with Gasteiger partial charge >= 0.3 is 0 Å². The van der Waals surface area contributed by atoms with Crippen molar-refractivity contribution >= 4 is 12.6 Å². The zero-order valence-electron chi connectivity index (χ0n) is 16.2. The summed E-state index contributed by atoms with van der Waals surface area (Å²) >= 11 is 4.33. The van der Waals surface area contributed by atoms with Crippen LogP contribution in [0.25, 0.3) is 11.1 Å². The number of unbranched alkanes of at least 4 members (excludes halogenated alkanes) is 4. The molecule has 3 rings (SSSR count). The van der Waals surface area contributed by atoms with Crippen LogP contribution in [0.3, 0.4) is 0 Å². The van der Waals surface area contributed by atoms with Gasteiger partial charge in [-0.15, -0.1) is 12.6 Å². The first kappa shape index (κ1) is 20.3. The molecule has 0 atom stereocenters. The molecule has 0 heterocycles. The van der Waals surface area contributed by atoms with E-state index in [1.165, 1.54) is 24.8 Å². The molecule has 0 N–H and O–H groups in total. The fraction of sp³-hybridized carbons (Fsp3) is 0.280. The van der Waals surface area contributed by atoms with Gasteiger partial charge in [0.15, 0.2) is 0 Å². The Balaban J connectivity index is 1.30. The average molecular weight is 393 g/mol. The van der Waals surface area contributed by atoms with Gasteiger partial charge in [-0.1, -0.05) is 73.9 Å². The zero-order valence-corrected chi connectivity index (χ0v) is 17.1. The molecule has 3 heteroatoms. The molecule has 0 radical (unpaired) electrons. The maximum Gasteiger partial charge on any atom is 0.127 e. The predicted molar refractivity (Wildman–Crippen MR) is 120 cm³/mol. The van der Waals surface area contributed by atoms with Gasteiger partial charge in [-0.2, -0.15) is 0 Å². The van der Waals surface area contributed by atoms with Crippen LogP contribution in [0.1, 0.15) is 32.1 Å². The van der Waals surface area contributed by atoms with Crippen LogP contribution in [0.5, 0.6) is 11.5 Å². The van der Waals surface area contributed by atoms with Crippen LogP contribution in [-0.2, 0) is 0 Å². The fourth-order valence-corrected chi connectivity index (χ4v) is 3.34. The van der Waals surface area contributed by atoms with Gasteiger partial charge in [-0.3, -0.25) is 0 Å². The van der Waals surface area contributed by atoms with Crippen molar-refractivity contribution < 1.29 is 9.47 Å². The Morgan fingerprint density at radius 2 is 1.29 bits per heavy atom. The number of ether oxygens (including phenoxy) is 2. The second-order valence-corrected chi connectivity index (χ2v) is 7.34. The zero-order chi connectivity index (χ0) is 19.4. The normalized spacial score (nSPS) is 10.6. The molecule has 0 bridgehead atoms. The smallest absolute Gasteiger partial charge is 0.127 e. The molecule has 146 valence electrons. The molecule has 3 aromatic rings. The van der Waals surface area contributed by atoms with Crippen LogP contribution in [-0.4, -0.2) is 13.2 Å². The summed E-state index contributed by atoms with van der Waals surface area (Å²) in [5.74, 6) is 1.87. The molecule has 0 aromatic heterocycles. The molecular weight excluding hydrogens is 364 g/mol. The third kappa shape index (κ3) is 6.65. The van der Waals surface area contributed by atoms with E-state index in [-0.39, 0.29) is 0 Å². The molecular formula is C25H28O2S. The minimum atomic E-state index is 0.759. The van der Waals surface area contributed by atoms with E-state index >= 15 is 0 Å². The van der Waals surface area contributed by atoms with Gasteiger partial charge in [-0.05, 0) is 42.7 Å². The van der Waals surface area contributed by atoms with Gasteiger partial charge in [0.25, 0.3) is 0 Å². The lowest BCUT2D eigenvalue weighted by molar-refractivity contribution is 0.293. The van der Waals surface area contributed by atoms with Crippen LogP contribution in [0.15, 0.2) is 83.8 Å². The van der Waals surface area contributed by atoms with Gasteiger partial charge < -0.3 is 9.47 Å². The Morgan fingerprint density at radius 3 is 2.07 bits per heavy atom. The second-order valence-electron chi connectivity index (χ2n) is 6.82. The van der Waals surface area contributed by atoms with E-state index in [2.05, 4.69) is 55.1 Å². The molecule has 0 saturated carbocycles. The Bertz CT molecular complexity index is 833. The molecule has 0 unspecified atom stereocenters. The summed E-state index contributed by atoms with van der Waals surface area (Å²) < 4.78 is 11.8. The van der Waals surface area contributed by atoms with Gasteiger partial charge in [0.05, 0.1) is 13.2 Å². The van der Waals surface area contributed by atoms with E-state index in [0.29, 0.717) is 0 Å². The average Bonchev–Trinajstić information content (AvgIpc) is 2.73. The third-order valence-electron chi connectivity index (χ3n) is 4.60. The summed E-state index contributed by atoms with van der Waals surface area (Å²) in [7, 11) is 0. The lowest BCUT2D eigenvalue weighted by Gasteiger charge is -2.11. The Morgan fingerprint density at radius 1 is 0.607 bits per heavy atom. The lowest BCUT2D eigenvalue weighted by atomic mass is 10.1. The molecule has 28 heavy (non-hydrogen) atoms. The van der Waals surface area contributed by atoms with Crippen molar-refractivity contribution in [3.63, 3.8) is 0 Å². The van der Waals surface area contributed by atoms with Gasteiger partial charge in [0, 0.05) is 10.5 Å². The maximum absolute atomic E-state index is 6.06. The topological polar surface area (TPSA) is 18.5 Å². The predicted octanol–water partition coefficient (Wildman–Crippen LogP) is 7.05. The summed E-state index contributed by atoms with van der Waals surface area (Å²) in [5, 5.41) is 0. The summed E-state index contributed by atoms with van der Waals surface area (Å²) in [6.45, 7) is 1.52. The van der Waals surface area contributed by atoms with Crippen molar-refractivity contribution in [2.45, 2.75) is 37.0 Å². The van der Waals surface area contributed by atoms with Crippen LogP contribution in [0.4, 0.5) is 0 Å². The van der Waals surface area contributed by atoms with E-state index in [4.69, 9.17) is 9.47 Å². The highest BCUT2D eigenvalue weighted by atomic mass is 32.1. The Labute approximate surface area is 173 Å². The number of benzene rings is 3. The Kier molecular flexibility index (Phi) is 8.32. The first-order valence-corrected chi connectivity index (χ1v) is 10.5.